The maximum absolute atomic E-state index is 13.4. The van der Waals surface area contributed by atoms with Crippen molar-refractivity contribution in [2.45, 2.75) is 31.5 Å². The predicted molar refractivity (Wildman–Crippen MR) is 132 cm³/mol. The van der Waals surface area contributed by atoms with Crippen LogP contribution < -0.4 is 0 Å². The van der Waals surface area contributed by atoms with E-state index in [-0.39, 0.29) is 37.1 Å². The van der Waals surface area contributed by atoms with E-state index in [9.17, 15) is 22.8 Å². The molecule has 1 fully saturated rings. The number of amides is 2. The van der Waals surface area contributed by atoms with Crippen LogP contribution in [-0.2, 0) is 15.7 Å². The van der Waals surface area contributed by atoms with Crippen molar-refractivity contribution in [2.75, 3.05) is 33.4 Å². The van der Waals surface area contributed by atoms with Gasteiger partial charge in [-0.15, -0.1) is 0 Å². The summed E-state index contributed by atoms with van der Waals surface area (Å²) in [6.07, 6.45) is -2.42. The van der Waals surface area contributed by atoms with Gasteiger partial charge in [0.2, 0.25) is 17.6 Å². The standard InChI is InChI=1S/C26H26ClF3N4O4/c1-37-14-13-33(25(36)18-5-4-6-19(15-18)26(28,29)30)16-22(35)34-12-3-2-7-21(34)24-31-23(32-38-24)17-8-10-20(27)11-9-17/h4-6,8-11,15,21H,2-3,7,12-14,16H2,1H3. The normalized spacial score (nSPS) is 15.9. The Morgan fingerprint density at radius 1 is 1.18 bits per heavy atom. The summed E-state index contributed by atoms with van der Waals surface area (Å²) in [5.41, 5.74) is -0.399. The highest BCUT2D eigenvalue weighted by Gasteiger charge is 2.35. The molecule has 0 N–H and O–H groups in total. The van der Waals surface area contributed by atoms with Crippen molar-refractivity contribution in [3.8, 4) is 11.4 Å². The summed E-state index contributed by atoms with van der Waals surface area (Å²) >= 11 is 5.95. The summed E-state index contributed by atoms with van der Waals surface area (Å²) < 4.78 is 50.1. The second-order valence-electron chi connectivity index (χ2n) is 8.86. The molecule has 1 aliphatic rings. The Bertz CT molecular complexity index is 1270. The van der Waals surface area contributed by atoms with Crippen molar-refractivity contribution in [2.24, 2.45) is 0 Å². The smallest absolute Gasteiger partial charge is 0.383 e. The zero-order valence-corrected chi connectivity index (χ0v) is 21.3. The molecular formula is C26H26ClF3N4O4. The van der Waals surface area contributed by atoms with E-state index in [0.717, 1.165) is 25.0 Å². The van der Waals surface area contributed by atoms with E-state index < -0.39 is 23.7 Å². The third-order valence-corrected chi connectivity index (χ3v) is 6.52. The van der Waals surface area contributed by atoms with E-state index in [4.69, 9.17) is 20.9 Å². The first-order chi connectivity index (χ1) is 18.2. The molecule has 0 saturated carbocycles. The fraction of sp³-hybridized carbons (Fsp3) is 0.385. The Balaban J connectivity index is 1.53. The highest BCUT2D eigenvalue weighted by molar-refractivity contribution is 6.30. The number of ether oxygens (including phenoxy) is 1. The molecule has 1 unspecified atom stereocenters. The van der Waals surface area contributed by atoms with E-state index in [1.54, 1.807) is 29.2 Å². The molecule has 4 rings (SSSR count). The lowest BCUT2D eigenvalue weighted by Gasteiger charge is -2.35. The first-order valence-corrected chi connectivity index (χ1v) is 12.4. The molecule has 0 bridgehead atoms. The summed E-state index contributed by atoms with van der Waals surface area (Å²) in [7, 11) is 1.43. The number of halogens is 4. The molecule has 1 saturated heterocycles. The first kappa shape index (κ1) is 27.6. The molecule has 0 aliphatic carbocycles. The number of nitrogens with zero attached hydrogens (tertiary/aromatic N) is 4. The number of hydrogen-bond donors (Lipinski definition) is 0. The van der Waals surface area contributed by atoms with Crippen LogP contribution in [0.25, 0.3) is 11.4 Å². The zero-order valence-electron chi connectivity index (χ0n) is 20.6. The number of piperidine rings is 1. The molecule has 0 spiro atoms. The third kappa shape index (κ3) is 6.51. The van der Waals surface area contributed by atoms with Gasteiger partial charge in [0.1, 0.15) is 12.6 Å². The average Bonchev–Trinajstić information content (AvgIpc) is 3.41. The number of likely N-dealkylation sites (tertiary alicyclic amines) is 1. The molecule has 1 aliphatic heterocycles. The minimum Gasteiger partial charge on any atom is -0.383 e. The second kappa shape index (κ2) is 12.0. The summed E-state index contributed by atoms with van der Waals surface area (Å²) in [6.45, 7) is 0.206. The highest BCUT2D eigenvalue weighted by Crippen LogP contribution is 2.32. The van der Waals surface area contributed by atoms with Crippen LogP contribution in [0.5, 0.6) is 0 Å². The van der Waals surface area contributed by atoms with Crippen molar-refractivity contribution >= 4 is 23.4 Å². The Labute approximate surface area is 222 Å². The minimum atomic E-state index is -4.60. The van der Waals surface area contributed by atoms with Gasteiger partial charge < -0.3 is 19.1 Å². The van der Waals surface area contributed by atoms with Crippen molar-refractivity contribution in [1.29, 1.82) is 0 Å². The van der Waals surface area contributed by atoms with Crippen molar-refractivity contribution in [3.05, 3.63) is 70.6 Å². The van der Waals surface area contributed by atoms with Gasteiger partial charge in [0.25, 0.3) is 5.91 Å². The maximum Gasteiger partial charge on any atom is 0.416 e. The largest absolute Gasteiger partial charge is 0.416 e. The summed E-state index contributed by atoms with van der Waals surface area (Å²) in [4.78, 5) is 33.9. The molecule has 2 amide bonds. The van der Waals surface area contributed by atoms with Crippen LogP contribution in [0.15, 0.2) is 53.1 Å². The molecule has 202 valence electrons. The predicted octanol–water partition coefficient (Wildman–Crippen LogP) is 5.25. The van der Waals surface area contributed by atoms with Gasteiger partial charge in [-0.05, 0) is 61.7 Å². The second-order valence-corrected chi connectivity index (χ2v) is 9.30. The van der Waals surface area contributed by atoms with Crippen LogP contribution in [0, 0.1) is 0 Å². The van der Waals surface area contributed by atoms with E-state index in [1.165, 1.54) is 24.1 Å². The van der Waals surface area contributed by atoms with Crippen LogP contribution in [0.1, 0.15) is 47.1 Å². The van der Waals surface area contributed by atoms with Gasteiger partial charge >= 0.3 is 6.18 Å². The van der Waals surface area contributed by atoms with Gasteiger partial charge in [-0.2, -0.15) is 18.2 Å². The average molecular weight is 551 g/mol. The van der Waals surface area contributed by atoms with E-state index in [1.807, 2.05) is 0 Å². The number of hydrogen-bond acceptors (Lipinski definition) is 6. The Kier molecular flexibility index (Phi) is 8.68. The lowest BCUT2D eigenvalue weighted by atomic mass is 10.0. The third-order valence-electron chi connectivity index (χ3n) is 6.27. The topological polar surface area (TPSA) is 88.8 Å². The lowest BCUT2D eigenvalue weighted by Crippen LogP contribution is -2.46. The lowest BCUT2D eigenvalue weighted by molar-refractivity contribution is -0.138. The number of methoxy groups -OCH3 is 1. The minimum absolute atomic E-state index is 0.0249. The van der Waals surface area contributed by atoms with Crippen LogP contribution in [0.3, 0.4) is 0 Å². The number of alkyl halides is 3. The number of carbonyl (C=O) groups excluding carboxylic acids is 2. The summed E-state index contributed by atoms with van der Waals surface area (Å²) in [6, 6.07) is 10.6. The number of rotatable bonds is 8. The van der Waals surface area contributed by atoms with Gasteiger partial charge in [0, 0.05) is 36.3 Å². The number of benzene rings is 2. The van der Waals surface area contributed by atoms with Crippen molar-refractivity contribution in [3.63, 3.8) is 0 Å². The molecule has 1 atom stereocenters. The summed E-state index contributed by atoms with van der Waals surface area (Å²) in [5.74, 6) is -0.443. The Morgan fingerprint density at radius 3 is 2.66 bits per heavy atom. The monoisotopic (exact) mass is 550 g/mol. The number of carbonyl (C=O) groups is 2. The molecule has 0 radical (unpaired) electrons. The molecule has 1 aromatic heterocycles. The van der Waals surface area contributed by atoms with E-state index >= 15 is 0 Å². The molecule has 2 aromatic carbocycles. The first-order valence-electron chi connectivity index (χ1n) is 12.0. The number of aromatic nitrogens is 2. The Morgan fingerprint density at radius 2 is 1.95 bits per heavy atom. The quantitative estimate of drug-likeness (QED) is 0.380. The molecule has 38 heavy (non-hydrogen) atoms. The summed E-state index contributed by atoms with van der Waals surface area (Å²) in [5, 5.41) is 4.61. The van der Waals surface area contributed by atoms with Gasteiger partial charge in [-0.3, -0.25) is 9.59 Å². The molecule has 2 heterocycles. The molecular weight excluding hydrogens is 525 g/mol. The van der Waals surface area contributed by atoms with Crippen molar-refractivity contribution in [1.82, 2.24) is 19.9 Å². The molecule has 3 aromatic rings. The van der Waals surface area contributed by atoms with Gasteiger partial charge in [-0.1, -0.05) is 22.8 Å². The fourth-order valence-corrected chi connectivity index (χ4v) is 4.42. The van der Waals surface area contributed by atoms with Gasteiger partial charge in [0.05, 0.1) is 12.2 Å². The highest BCUT2D eigenvalue weighted by atomic mass is 35.5. The molecule has 12 heteroatoms. The fourth-order valence-electron chi connectivity index (χ4n) is 4.29. The van der Waals surface area contributed by atoms with Gasteiger partial charge in [0.15, 0.2) is 0 Å². The van der Waals surface area contributed by atoms with Crippen molar-refractivity contribution < 1.29 is 32.0 Å². The van der Waals surface area contributed by atoms with Crippen LogP contribution in [-0.4, -0.2) is 65.1 Å². The van der Waals surface area contributed by atoms with E-state index in [2.05, 4.69) is 10.1 Å². The SMILES string of the molecule is COCCN(CC(=O)N1CCCCC1c1nc(-c2ccc(Cl)cc2)no1)C(=O)c1cccc(C(F)(F)F)c1. The van der Waals surface area contributed by atoms with Crippen LogP contribution in [0.4, 0.5) is 13.2 Å². The van der Waals surface area contributed by atoms with Crippen LogP contribution >= 0.6 is 11.6 Å². The zero-order chi connectivity index (χ0) is 27.3. The van der Waals surface area contributed by atoms with Crippen LogP contribution in [0.2, 0.25) is 5.02 Å². The van der Waals surface area contributed by atoms with E-state index in [0.29, 0.717) is 29.4 Å². The Hall–Kier alpha value is -3.44. The molecule has 8 nitrogen and oxygen atoms in total. The van der Waals surface area contributed by atoms with Gasteiger partial charge in [-0.25, -0.2) is 0 Å². The maximum atomic E-state index is 13.4.